The summed E-state index contributed by atoms with van der Waals surface area (Å²) in [6.07, 6.45) is 12.9. The van der Waals surface area contributed by atoms with Crippen LogP contribution >= 0.6 is 27.3 Å². The van der Waals surface area contributed by atoms with Crippen LogP contribution in [-0.2, 0) is 19.4 Å². The van der Waals surface area contributed by atoms with Gasteiger partial charge in [0.15, 0.2) is 11.5 Å². The summed E-state index contributed by atoms with van der Waals surface area (Å²) in [5.41, 5.74) is 6.99. The van der Waals surface area contributed by atoms with Crippen LogP contribution in [0.3, 0.4) is 0 Å². The quantitative estimate of drug-likeness (QED) is 0.271. The molecule has 4 aromatic rings. The summed E-state index contributed by atoms with van der Waals surface area (Å²) < 4.78 is 2.62. The van der Waals surface area contributed by atoms with Crippen LogP contribution in [0, 0.1) is 0 Å². The highest BCUT2D eigenvalue weighted by Crippen LogP contribution is 2.39. The van der Waals surface area contributed by atoms with Gasteiger partial charge in [0, 0.05) is 17.0 Å². The third kappa shape index (κ3) is 3.73. The number of anilines is 1. The molecule has 0 atom stereocenters. The Morgan fingerprint density at radius 3 is 2.94 bits per heavy atom. The Morgan fingerprint density at radius 2 is 2.03 bits per heavy atom. The van der Waals surface area contributed by atoms with E-state index in [4.69, 9.17) is 4.98 Å². The fraction of sp³-hybridized carbons (Fsp3) is 0.222. The molecule has 0 amide bonds. The number of aryl methyl sites for hydroxylation is 1. The molecule has 0 fully saturated rings. The van der Waals surface area contributed by atoms with Crippen molar-refractivity contribution in [1.82, 2.24) is 14.6 Å². The van der Waals surface area contributed by atoms with Gasteiger partial charge in [-0.1, -0.05) is 36.4 Å². The predicted octanol–water partition coefficient (Wildman–Crippen LogP) is 6.88. The molecule has 0 bridgehead atoms. The van der Waals surface area contributed by atoms with Crippen LogP contribution in [0.5, 0.6) is 0 Å². The third-order valence-electron chi connectivity index (χ3n) is 6.61. The smallest absolute Gasteiger partial charge is 0.173 e. The van der Waals surface area contributed by atoms with Crippen LogP contribution in [0.1, 0.15) is 40.0 Å². The summed E-state index contributed by atoms with van der Waals surface area (Å²) in [4.78, 5) is 13.2. The Kier molecular flexibility index (Phi) is 5.67. The maximum Gasteiger partial charge on any atom is 0.173 e. The molecule has 0 radical (unpaired) electrons. The lowest BCUT2D eigenvalue weighted by Gasteiger charge is -2.29. The van der Waals surface area contributed by atoms with Gasteiger partial charge in [0.1, 0.15) is 10.3 Å². The minimum atomic E-state index is 0.677. The van der Waals surface area contributed by atoms with E-state index in [1.54, 1.807) is 4.52 Å². The monoisotopic (exact) mass is 529 g/mol. The van der Waals surface area contributed by atoms with Gasteiger partial charge in [-0.05, 0) is 88.1 Å². The van der Waals surface area contributed by atoms with Crippen LogP contribution in [0.15, 0.2) is 63.5 Å². The molecule has 34 heavy (non-hydrogen) atoms. The normalized spacial score (nSPS) is 15.8. The van der Waals surface area contributed by atoms with Gasteiger partial charge in [-0.2, -0.15) is 9.61 Å². The molecule has 1 aliphatic carbocycles. The highest BCUT2D eigenvalue weighted by Gasteiger charge is 2.25. The largest absolute Gasteiger partial charge is 0.350 e. The van der Waals surface area contributed by atoms with Crippen molar-refractivity contribution in [3.63, 3.8) is 0 Å². The molecular formula is C27H24BrN5S. The molecule has 0 spiro atoms. The van der Waals surface area contributed by atoms with Crippen LogP contribution in [0.4, 0.5) is 11.6 Å². The number of hydrogen-bond donors (Lipinski definition) is 0. The predicted molar refractivity (Wildman–Crippen MR) is 145 cm³/mol. The van der Waals surface area contributed by atoms with E-state index in [0.29, 0.717) is 5.82 Å². The number of rotatable bonds is 3. The zero-order valence-electron chi connectivity index (χ0n) is 18.7. The zero-order chi connectivity index (χ0) is 23.1. The van der Waals surface area contributed by atoms with E-state index in [-0.39, 0.29) is 0 Å². The summed E-state index contributed by atoms with van der Waals surface area (Å²) in [6, 6.07) is 10.9. The number of aromatic nitrogens is 3. The van der Waals surface area contributed by atoms with Gasteiger partial charge in [-0.25, -0.2) is 9.98 Å². The van der Waals surface area contributed by atoms with Crippen molar-refractivity contribution in [2.75, 3.05) is 11.4 Å². The number of aliphatic imine (C=N–C) groups is 1. The summed E-state index contributed by atoms with van der Waals surface area (Å²) in [5, 5.41) is 6.85. The summed E-state index contributed by atoms with van der Waals surface area (Å²) in [6.45, 7) is 5.60. The van der Waals surface area contributed by atoms with Crippen molar-refractivity contribution < 1.29 is 0 Å². The third-order valence-corrected chi connectivity index (χ3v) is 8.27. The molecule has 0 unspecified atom stereocenters. The van der Waals surface area contributed by atoms with Crippen molar-refractivity contribution >= 4 is 62.9 Å². The minimum absolute atomic E-state index is 0.677. The maximum absolute atomic E-state index is 5.15. The molecule has 1 aliphatic heterocycles. The molecule has 0 saturated heterocycles. The fourth-order valence-electron chi connectivity index (χ4n) is 4.82. The van der Waals surface area contributed by atoms with Gasteiger partial charge in [0.25, 0.3) is 0 Å². The Balaban J connectivity index is 1.51. The Hall–Kier alpha value is -3.03. The topological polar surface area (TPSA) is 45.8 Å². The molecular weight excluding hydrogens is 506 g/mol. The van der Waals surface area contributed by atoms with E-state index in [0.717, 1.165) is 65.8 Å². The van der Waals surface area contributed by atoms with Gasteiger partial charge in [0.05, 0.1) is 12.7 Å². The molecule has 1 aromatic carbocycles. The van der Waals surface area contributed by atoms with Crippen LogP contribution < -0.4 is 4.90 Å². The van der Waals surface area contributed by atoms with Gasteiger partial charge in [-0.15, -0.1) is 11.3 Å². The van der Waals surface area contributed by atoms with E-state index in [1.165, 1.54) is 21.6 Å². The van der Waals surface area contributed by atoms with Crippen LogP contribution in [-0.4, -0.2) is 27.9 Å². The summed E-state index contributed by atoms with van der Waals surface area (Å²) in [7, 11) is 0. The lowest BCUT2D eigenvalue weighted by atomic mass is 10.00. The van der Waals surface area contributed by atoms with Crippen molar-refractivity contribution in [3.8, 4) is 0 Å². The molecule has 3 aromatic heterocycles. The minimum Gasteiger partial charge on any atom is -0.350 e. The van der Waals surface area contributed by atoms with E-state index in [9.17, 15) is 0 Å². The standard InChI is InChI=1S/C27H24BrN5S/c1-29-26-24(28)27(32-13-11-19-12-14-34-23(19)17-32)31-25-22(16-30-33(25)26)21-10-4-2-3-7-18-8-5-6-9-20(18)15-21/h4-6,8-10,12,14-16H,1-3,7,11,13,17H2. The van der Waals surface area contributed by atoms with Crippen LogP contribution in [0.25, 0.3) is 17.3 Å². The average Bonchev–Trinajstić information content (AvgIpc) is 3.51. The highest BCUT2D eigenvalue weighted by atomic mass is 79.9. The molecule has 5 nitrogen and oxygen atoms in total. The zero-order valence-corrected chi connectivity index (χ0v) is 21.1. The SMILES string of the molecule is C=Nc1c(Br)c(N2CCc3ccsc3C2)nc2c(C3=Cc4ccccc4CCCC=C3)cnn12. The fourth-order valence-corrected chi connectivity index (χ4v) is 6.40. The molecule has 0 saturated carbocycles. The van der Waals surface area contributed by atoms with Gasteiger partial charge < -0.3 is 4.90 Å². The van der Waals surface area contributed by atoms with Crippen LogP contribution in [0.2, 0.25) is 0 Å². The van der Waals surface area contributed by atoms with Gasteiger partial charge >= 0.3 is 0 Å². The second-order valence-corrected chi connectivity index (χ2v) is 10.5. The first kappa shape index (κ1) is 21.5. The second kappa shape index (κ2) is 8.96. The van der Waals surface area contributed by atoms with Gasteiger partial charge in [0.2, 0.25) is 0 Å². The van der Waals surface area contributed by atoms with E-state index >= 15 is 0 Å². The first-order valence-electron chi connectivity index (χ1n) is 11.5. The van der Waals surface area contributed by atoms with E-state index in [1.807, 2.05) is 17.5 Å². The number of nitrogens with zero attached hydrogens (tertiary/aromatic N) is 5. The lowest BCUT2D eigenvalue weighted by molar-refractivity contribution is 0.729. The van der Waals surface area contributed by atoms with Crippen molar-refractivity contribution in [3.05, 3.63) is 85.7 Å². The number of fused-ring (bicyclic) bond motifs is 3. The van der Waals surface area contributed by atoms with Gasteiger partial charge in [-0.3, -0.25) is 0 Å². The van der Waals surface area contributed by atoms with Crippen molar-refractivity contribution in [1.29, 1.82) is 0 Å². The molecule has 2 aliphatic rings. The number of benzene rings is 1. The number of hydrogen-bond acceptors (Lipinski definition) is 5. The molecule has 4 heterocycles. The number of thiophene rings is 1. The Morgan fingerprint density at radius 1 is 1.12 bits per heavy atom. The van der Waals surface area contributed by atoms with E-state index in [2.05, 4.69) is 91.6 Å². The number of allylic oxidation sites excluding steroid dienone is 3. The molecule has 6 rings (SSSR count). The Bertz CT molecular complexity index is 1460. The molecule has 170 valence electrons. The lowest BCUT2D eigenvalue weighted by Crippen LogP contribution is -2.30. The average molecular weight is 530 g/mol. The second-order valence-electron chi connectivity index (χ2n) is 8.66. The van der Waals surface area contributed by atoms with Crippen molar-refractivity contribution in [2.24, 2.45) is 4.99 Å². The maximum atomic E-state index is 5.15. The molecule has 7 heteroatoms. The first-order valence-corrected chi connectivity index (χ1v) is 13.2. The highest BCUT2D eigenvalue weighted by molar-refractivity contribution is 9.10. The number of halogens is 1. The Labute approximate surface area is 211 Å². The summed E-state index contributed by atoms with van der Waals surface area (Å²) in [5.74, 6) is 1.57. The first-order chi connectivity index (χ1) is 16.7. The van der Waals surface area contributed by atoms with E-state index < -0.39 is 0 Å². The molecule has 0 N–H and O–H groups in total. The van der Waals surface area contributed by atoms with Crippen molar-refractivity contribution in [2.45, 2.75) is 32.2 Å². The summed E-state index contributed by atoms with van der Waals surface area (Å²) >= 11 is 5.58.